The number of ether oxygens (including phenoxy) is 1. The van der Waals surface area contributed by atoms with Crippen molar-refractivity contribution in [3.8, 4) is 0 Å². The number of carboxylic acid groups (broad SMARTS) is 1. The lowest BCUT2D eigenvalue weighted by atomic mass is 10.0. The first-order chi connectivity index (χ1) is 9.87. The zero-order chi connectivity index (χ0) is 15.5. The lowest BCUT2D eigenvalue weighted by molar-refractivity contribution is -0.147. The summed E-state index contributed by atoms with van der Waals surface area (Å²) in [7, 11) is -3.16. The molecule has 0 saturated carbocycles. The summed E-state index contributed by atoms with van der Waals surface area (Å²) < 4.78 is 28.6. The van der Waals surface area contributed by atoms with Gasteiger partial charge in [0.05, 0.1) is 24.0 Å². The molecule has 0 aliphatic carbocycles. The minimum atomic E-state index is -3.16. The quantitative estimate of drug-likeness (QED) is 0.768. The first kappa shape index (κ1) is 16.2. The Labute approximate surface area is 124 Å². The van der Waals surface area contributed by atoms with Gasteiger partial charge in [-0.1, -0.05) is 0 Å². The van der Waals surface area contributed by atoms with Crippen LogP contribution in [0, 0.1) is 0 Å². The molecule has 2 aliphatic heterocycles. The molecule has 7 nitrogen and oxygen atoms in total. The zero-order valence-corrected chi connectivity index (χ0v) is 12.7. The minimum absolute atomic E-state index is 0.0149. The van der Waals surface area contributed by atoms with Crippen LogP contribution in [-0.2, 0) is 24.2 Å². The van der Waals surface area contributed by atoms with E-state index < -0.39 is 28.4 Å². The molecule has 2 heterocycles. The maximum absolute atomic E-state index is 12.3. The van der Waals surface area contributed by atoms with Crippen LogP contribution >= 0.6 is 0 Å². The van der Waals surface area contributed by atoms with Crippen LogP contribution in [0.3, 0.4) is 0 Å². The molecule has 2 aliphatic rings. The summed E-state index contributed by atoms with van der Waals surface area (Å²) in [6, 6.07) is -0.526. The van der Waals surface area contributed by atoms with Crippen molar-refractivity contribution in [2.24, 2.45) is 0 Å². The van der Waals surface area contributed by atoms with Crippen molar-refractivity contribution in [1.82, 2.24) is 4.90 Å². The first-order valence-electron chi connectivity index (χ1n) is 7.21. The van der Waals surface area contributed by atoms with Gasteiger partial charge in [-0.05, 0) is 25.7 Å². The van der Waals surface area contributed by atoms with Crippen molar-refractivity contribution < 1.29 is 27.9 Å². The van der Waals surface area contributed by atoms with Gasteiger partial charge in [-0.2, -0.15) is 0 Å². The molecule has 21 heavy (non-hydrogen) atoms. The summed E-state index contributed by atoms with van der Waals surface area (Å²) in [6.07, 6.45) is 3.02. The highest BCUT2D eigenvalue weighted by Gasteiger charge is 2.36. The van der Waals surface area contributed by atoms with Crippen LogP contribution in [0.4, 0.5) is 0 Å². The highest BCUT2D eigenvalue weighted by molar-refractivity contribution is 7.91. The van der Waals surface area contributed by atoms with E-state index in [1.165, 1.54) is 4.90 Å². The van der Waals surface area contributed by atoms with Gasteiger partial charge in [-0.3, -0.25) is 9.59 Å². The van der Waals surface area contributed by atoms with E-state index in [2.05, 4.69) is 0 Å². The molecular formula is C13H21NO6S. The van der Waals surface area contributed by atoms with Crippen LogP contribution in [0.2, 0.25) is 0 Å². The Kier molecular flexibility index (Phi) is 5.21. The average Bonchev–Trinajstić information content (AvgIpc) is 2.77. The van der Waals surface area contributed by atoms with Gasteiger partial charge in [0.2, 0.25) is 5.91 Å². The molecule has 0 aromatic heterocycles. The number of carbonyl (C=O) groups excluding carboxylic acids is 1. The fourth-order valence-electron chi connectivity index (χ4n) is 2.87. The summed E-state index contributed by atoms with van der Waals surface area (Å²) in [4.78, 5) is 24.5. The van der Waals surface area contributed by atoms with Gasteiger partial charge in [0.25, 0.3) is 0 Å². The Bertz CT molecular complexity index is 497. The second kappa shape index (κ2) is 6.74. The Morgan fingerprint density at radius 2 is 2.00 bits per heavy atom. The van der Waals surface area contributed by atoms with Crippen LogP contribution in [0.1, 0.15) is 32.1 Å². The topological polar surface area (TPSA) is 101 Å². The monoisotopic (exact) mass is 319 g/mol. The molecule has 0 bridgehead atoms. The molecule has 0 aromatic rings. The third-order valence-corrected chi connectivity index (χ3v) is 5.70. The van der Waals surface area contributed by atoms with E-state index in [-0.39, 0.29) is 29.9 Å². The number of amides is 1. The molecule has 2 saturated heterocycles. The van der Waals surface area contributed by atoms with Gasteiger partial charge in [0, 0.05) is 12.6 Å². The van der Waals surface area contributed by atoms with Gasteiger partial charge in [0.1, 0.15) is 6.54 Å². The summed E-state index contributed by atoms with van der Waals surface area (Å²) in [5.41, 5.74) is 0. The highest BCUT2D eigenvalue weighted by Crippen LogP contribution is 2.21. The number of sulfone groups is 1. The van der Waals surface area contributed by atoms with E-state index in [4.69, 9.17) is 9.84 Å². The minimum Gasteiger partial charge on any atom is -0.480 e. The lowest BCUT2D eigenvalue weighted by Gasteiger charge is -2.29. The Morgan fingerprint density at radius 3 is 2.52 bits per heavy atom. The summed E-state index contributed by atoms with van der Waals surface area (Å²) >= 11 is 0. The third kappa shape index (κ3) is 4.67. The van der Waals surface area contributed by atoms with E-state index in [0.29, 0.717) is 13.0 Å². The normalized spacial score (nSPS) is 28.2. The molecular weight excluding hydrogens is 298 g/mol. The van der Waals surface area contributed by atoms with Gasteiger partial charge >= 0.3 is 5.97 Å². The maximum Gasteiger partial charge on any atom is 0.323 e. The first-order valence-corrected chi connectivity index (χ1v) is 9.03. The lowest BCUT2D eigenvalue weighted by Crippen LogP contribution is -2.45. The van der Waals surface area contributed by atoms with Crippen molar-refractivity contribution in [2.75, 3.05) is 24.7 Å². The number of hydrogen-bond acceptors (Lipinski definition) is 5. The number of hydrogen-bond donors (Lipinski definition) is 1. The molecule has 1 N–H and O–H groups in total. The average molecular weight is 319 g/mol. The Morgan fingerprint density at radius 1 is 1.24 bits per heavy atom. The highest BCUT2D eigenvalue weighted by atomic mass is 32.2. The van der Waals surface area contributed by atoms with Gasteiger partial charge in [0.15, 0.2) is 9.84 Å². The fraction of sp³-hybridized carbons (Fsp3) is 0.846. The van der Waals surface area contributed by atoms with Crippen LogP contribution < -0.4 is 0 Å². The van der Waals surface area contributed by atoms with Gasteiger partial charge in [-0.25, -0.2) is 8.42 Å². The fourth-order valence-corrected chi connectivity index (χ4v) is 4.60. The second-order valence-corrected chi connectivity index (χ2v) is 7.89. The molecule has 8 heteroatoms. The SMILES string of the molecule is O=C(O)CN(C(=O)CC1CCCCO1)C1CCS(=O)(=O)C1. The smallest absolute Gasteiger partial charge is 0.323 e. The van der Waals surface area contributed by atoms with Crippen LogP contribution in [0.5, 0.6) is 0 Å². The standard InChI is InChI=1S/C13H21NO6S/c15-12(7-11-3-1-2-5-20-11)14(8-13(16)17)10-4-6-21(18,19)9-10/h10-11H,1-9H2,(H,16,17). The zero-order valence-electron chi connectivity index (χ0n) is 11.9. The molecule has 0 radical (unpaired) electrons. The maximum atomic E-state index is 12.3. The Hall–Kier alpha value is -1.15. The van der Waals surface area contributed by atoms with E-state index in [9.17, 15) is 18.0 Å². The van der Waals surface area contributed by atoms with E-state index in [1.807, 2.05) is 0 Å². The third-order valence-electron chi connectivity index (χ3n) is 3.95. The molecule has 0 aromatic carbocycles. The number of rotatable bonds is 5. The van der Waals surface area contributed by atoms with E-state index in [0.717, 1.165) is 19.3 Å². The van der Waals surface area contributed by atoms with Crippen molar-refractivity contribution in [3.63, 3.8) is 0 Å². The van der Waals surface area contributed by atoms with E-state index >= 15 is 0 Å². The van der Waals surface area contributed by atoms with Crippen LogP contribution in [-0.4, -0.2) is 67.1 Å². The molecule has 2 fully saturated rings. The van der Waals surface area contributed by atoms with Crippen molar-refractivity contribution in [3.05, 3.63) is 0 Å². The van der Waals surface area contributed by atoms with Crippen LogP contribution in [0.25, 0.3) is 0 Å². The molecule has 0 spiro atoms. The molecule has 2 rings (SSSR count). The molecule has 2 unspecified atom stereocenters. The van der Waals surface area contributed by atoms with Crippen molar-refractivity contribution >= 4 is 21.7 Å². The number of aliphatic carboxylic acids is 1. The Balaban J connectivity index is 2.01. The summed E-state index contributed by atoms with van der Waals surface area (Å²) in [5.74, 6) is -1.58. The van der Waals surface area contributed by atoms with Gasteiger partial charge < -0.3 is 14.7 Å². The van der Waals surface area contributed by atoms with Crippen molar-refractivity contribution in [2.45, 2.75) is 44.2 Å². The van der Waals surface area contributed by atoms with E-state index in [1.54, 1.807) is 0 Å². The predicted molar refractivity (Wildman–Crippen MR) is 74.6 cm³/mol. The predicted octanol–water partition coefficient (Wildman–Crippen LogP) is 0.0459. The molecule has 1 amide bonds. The molecule has 120 valence electrons. The number of nitrogens with zero attached hydrogens (tertiary/aromatic N) is 1. The number of carboxylic acids is 1. The largest absolute Gasteiger partial charge is 0.480 e. The summed E-state index contributed by atoms with van der Waals surface area (Å²) in [6.45, 7) is 0.167. The molecule has 2 atom stereocenters. The van der Waals surface area contributed by atoms with Crippen molar-refractivity contribution in [1.29, 1.82) is 0 Å². The number of carbonyl (C=O) groups is 2. The summed E-state index contributed by atoms with van der Waals surface area (Å²) in [5, 5.41) is 8.95. The second-order valence-electron chi connectivity index (χ2n) is 5.66. The van der Waals surface area contributed by atoms with Crippen LogP contribution in [0.15, 0.2) is 0 Å². The van der Waals surface area contributed by atoms with Gasteiger partial charge in [-0.15, -0.1) is 0 Å².